The minimum atomic E-state index is -0.479. The Bertz CT molecular complexity index is 1510. The lowest BCUT2D eigenvalue weighted by atomic mass is 10.2. The molecule has 0 radical (unpaired) electrons. The van der Waals surface area contributed by atoms with E-state index in [1.807, 2.05) is 48.5 Å². The topological polar surface area (TPSA) is 65.5 Å². The second-order valence-corrected chi connectivity index (χ2v) is 11.0. The number of ether oxygens (including phenoxy) is 2. The Balaban J connectivity index is 1.50. The third-order valence-corrected chi connectivity index (χ3v) is 7.56. The van der Waals surface area contributed by atoms with Gasteiger partial charge >= 0.3 is 11.9 Å². The second-order valence-electron chi connectivity index (χ2n) is 7.44. The van der Waals surface area contributed by atoms with E-state index in [0.717, 1.165) is 17.4 Å². The summed E-state index contributed by atoms with van der Waals surface area (Å²) in [6.45, 7) is 0. The number of rotatable bonds is 5. The summed E-state index contributed by atoms with van der Waals surface area (Å²) in [4.78, 5) is 30.2. The van der Waals surface area contributed by atoms with Crippen LogP contribution in [0.1, 0.15) is 20.7 Å². The molecule has 0 saturated carbocycles. The molecule has 35 heavy (non-hydrogen) atoms. The lowest BCUT2D eigenvalue weighted by Gasteiger charge is -2.11. The summed E-state index contributed by atoms with van der Waals surface area (Å²) >= 11 is 5.83. The van der Waals surface area contributed by atoms with E-state index in [0.29, 0.717) is 33.2 Å². The minimum Gasteiger partial charge on any atom is -0.423 e. The van der Waals surface area contributed by atoms with Gasteiger partial charge in [-0.3, -0.25) is 0 Å². The standard InChI is InChI=1S/C27H15I2NO4S/c28-18-9-5-16(6-10-18)26(31)33-20-13-14-23(34-27(32)17-7-11-19(29)12-8-17)21(15-20)25-30-22-3-1-2-4-24(22)35-25/h1-15H. The SMILES string of the molecule is O=C(Oc1ccc(OC(=O)c2ccc(I)cc2)c(-c2nc3ccccc3s2)c1)c1ccc(I)cc1. The molecule has 5 nitrogen and oxygen atoms in total. The molecule has 0 fully saturated rings. The molecule has 0 amide bonds. The van der Waals surface area contributed by atoms with Gasteiger partial charge in [-0.2, -0.15) is 0 Å². The molecule has 172 valence electrons. The largest absolute Gasteiger partial charge is 0.423 e. The quantitative estimate of drug-likeness (QED) is 0.107. The maximum atomic E-state index is 12.8. The molecule has 1 heterocycles. The Kier molecular flexibility index (Phi) is 7.12. The van der Waals surface area contributed by atoms with Crippen molar-refractivity contribution in [3.8, 4) is 22.1 Å². The number of fused-ring (bicyclic) bond motifs is 1. The van der Waals surface area contributed by atoms with Crippen LogP contribution in [0, 0.1) is 7.14 Å². The molecule has 0 aliphatic heterocycles. The van der Waals surface area contributed by atoms with Crippen LogP contribution < -0.4 is 9.47 Å². The first-order valence-corrected chi connectivity index (χ1v) is 13.4. The van der Waals surface area contributed by atoms with E-state index in [1.165, 1.54) is 11.3 Å². The summed E-state index contributed by atoms with van der Waals surface area (Å²) in [5, 5.41) is 0.656. The van der Waals surface area contributed by atoms with Gasteiger partial charge in [0, 0.05) is 7.14 Å². The van der Waals surface area contributed by atoms with Crippen LogP contribution >= 0.6 is 56.5 Å². The molecule has 0 saturated heterocycles. The van der Waals surface area contributed by atoms with E-state index >= 15 is 0 Å². The van der Waals surface area contributed by atoms with Crippen molar-refractivity contribution < 1.29 is 19.1 Å². The van der Waals surface area contributed by atoms with Gasteiger partial charge in [-0.1, -0.05) is 12.1 Å². The Morgan fingerprint density at radius 3 is 1.94 bits per heavy atom. The number of hydrogen-bond donors (Lipinski definition) is 0. The highest BCUT2D eigenvalue weighted by molar-refractivity contribution is 14.1. The van der Waals surface area contributed by atoms with Gasteiger partial charge in [-0.15, -0.1) is 11.3 Å². The molecule has 5 aromatic rings. The third kappa shape index (κ3) is 5.54. The van der Waals surface area contributed by atoms with Crippen LogP contribution in [0.25, 0.3) is 20.8 Å². The summed E-state index contributed by atoms with van der Waals surface area (Å²) in [5.41, 5.74) is 2.29. The fourth-order valence-corrected chi connectivity index (χ4v) is 5.02. The van der Waals surface area contributed by atoms with Gasteiger partial charge in [0.2, 0.25) is 0 Å². The molecule has 4 aromatic carbocycles. The zero-order valence-electron chi connectivity index (χ0n) is 17.9. The van der Waals surface area contributed by atoms with Crippen LogP contribution in [0.5, 0.6) is 11.5 Å². The summed E-state index contributed by atoms with van der Waals surface area (Å²) < 4.78 is 14.4. The van der Waals surface area contributed by atoms with E-state index < -0.39 is 11.9 Å². The van der Waals surface area contributed by atoms with Crippen LogP contribution in [-0.2, 0) is 0 Å². The maximum absolute atomic E-state index is 12.8. The van der Waals surface area contributed by atoms with Crippen molar-refractivity contribution in [3.63, 3.8) is 0 Å². The number of halogens is 2. The average Bonchev–Trinajstić information content (AvgIpc) is 3.30. The lowest BCUT2D eigenvalue weighted by Crippen LogP contribution is -2.10. The fourth-order valence-electron chi connectivity index (χ4n) is 3.31. The smallest absolute Gasteiger partial charge is 0.343 e. The first-order valence-electron chi connectivity index (χ1n) is 10.4. The number of carbonyl (C=O) groups excluding carboxylic acids is 2. The zero-order valence-corrected chi connectivity index (χ0v) is 23.0. The van der Waals surface area contributed by atoms with Crippen molar-refractivity contribution in [2.75, 3.05) is 0 Å². The normalized spacial score (nSPS) is 10.8. The van der Waals surface area contributed by atoms with Gasteiger partial charge in [0.25, 0.3) is 0 Å². The number of hydrogen-bond acceptors (Lipinski definition) is 6. The highest BCUT2D eigenvalue weighted by Gasteiger charge is 2.18. The molecular weight excluding hydrogens is 688 g/mol. The third-order valence-electron chi connectivity index (χ3n) is 5.05. The van der Waals surface area contributed by atoms with Gasteiger partial charge in [0.1, 0.15) is 16.5 Å². The molecule has 0 atom stereocenters. The van der Waals surface area contributed by atoms with Gasteiger partial charge in [0.05, 0.1) is 26.9 Å². The Morgan fingerprint density at radius 2 is 1.31 bits per heavy atom. The van der Waals surface area contributed by atoms with Crippen molar-refractivity contribution >= 4 is 78.7 Å². The Morgan fingerprint density at radius 1 is 0.714 bits per heavy atom. The number of esters is 2. The molecule has 1 aromatic heterocycles. The first-order chi connectivity index (χ1) is 17.0. The monoisotopic (exact) mass is 703 g/mol. The molecule has 0 bridgehead atoms. The Hall–Kier alpha value is -2.83. The van der Waals surface area contributed by atoms with Crippen LogP contribution in [0.2, 0.25) is 0 Å². The molecule has 0 unspecified atom stereocenters. The van der Waals surface area contributed by atoms with E-state index in [1.54, 1.807) is 42.5 Å². The van der Waals surface area contributed by atoms with Gasteiger partial charge < -0.3 is 9.47 Å². The van der Waals surface area contributed by atoms with Crippen LogP contribution in [0.3, 0.4) is 0 Å². The first kappa shape index (κ1) is 23.9. The predicted octanol–water partition coefficient (Wildman–Crippen LogP) is 7.61. The van der Waals surface area contributed by atoms with Crippen molar-refractivity contribution in [2.24, 2.45) is 0 Å². The summed E-state index contributed by atoms with van der Waals surface area (Å²) in [6.07, 6.45) is 0. The number of para-hydroxylation sites is 1. The van der Waals surface area contributed by atoms with Crippen LogP contribution in [-0.4, -0.2) is 16.9 Å². The van der Waals surface area contributed by atoms with Gasteiger partial charge in [-0.25, -0.2) is 14.6 Å². The van der Waals surface area contributed by atoms with Crippen molar-refractivity contribution in [1.82, 2.24) is 4.98 Å². The summed E-state index contributed by atoms with van der Waals surface area (Å²) in [7, 11) is 0. The highest BCUT2D eigenvalue weighted by Crippen LogP contribution is 2.38. The van der Waals surface area contributed by atoms with Crippen molar-refractivity contribution in [2.45, 2.75) is 0 Å². The fraction of sp³-hybridized carbons (Fsp3) is 0. The van der Waals surface area contributed by atoms with Crippen LogP contribution in [0.15, 0.2) is 91.0 Å². The molecule has 5 rings (SSSR count). The van der Waals surface area contributed by atoms with E-state index in [2.05, 4.69) is 45.2 Å². The second kappa shape index (κ2) is 10.4. The van der Waals surface area contributed by atoms with Crippen LogP contribution in [0.4, 0.5) is 0 Å². The zero-order chi connectivity index (χ0) is 24.4. The highest BCUT2D eigenvalue weighted by atomic mass is 127. The molecule has 0 spiro atoms. The molecule has 0 aliphatic carbocycles. The van der Waals surface area contributed by atoms with E-state index in [4.69, 9.17) is 14.5 Å². The number of carbonyl (C=O) groups is 2. The predicted molar refractivity (Wildman–Crippen MR) is 153 cm³/mol. The maximum Gasteiger partial charge on any atom is 0.343 e. The average molecular weight is 703 g/mol. The molecular formula is C27H15I2NO4S. The minimum absolute atomic E-state index is 0.330. The summed E-state index contributed by atoms with van der Waals surface area (Å²) in [6, 6.07) is 26.9. The molecule has 0 aliphatic rings. The number of thiazole rings is 1. The van der Waals surface area contributed by atoms with Crippen molar-refractivity contribution in [1.29, 1.82) is 0 Å². The molecule has 8 heteroatoms. The Labute approximate surface area is 232 Å². The molecule has 0 N–H and O–H groups in total. The van der Waals surface area contributed by atoms with Gasteiger partial charge in [-0.05, 0) is 124 Å². The summed E-state index contributed by atoms with van der Waals surface area (Å²) in [5.74, 6) is -0.286. The van der Waals surface area contributed by atoms with E-state index in [9.17, 15) is 9.59 Å². The number of nitrogens with zero attached hydrogens (tertiary/aromatic N) is 1. The van der Waals surface area contributed by atoms with Gasteiger partial charge in [0.15, 0.2) is 0 Å². The van der Waals surface area contributed by atoms with E-state index in [-0.39, 0.29) is 0 Å². The number of benzene rings is 4. The van der Waals surface area contributed by atoms with Crippen molar-refractivity contribution in [3.05, 3.63) is 109 Å². The number of aromatic nitrogens is 1. The lowest BCUT2D eigenvalue weighted by molar-refractivity contribution is 0.0720.